The number of ether oxygens (including phenoxy) is 1. The van der Waals surface area contributed by atoms with Crippen LogP contribution in [0.1, 0.15) is 24.2 Å². The van der Waals surface area contributed by atoms with Gasteiger partial charge in [-0.2, -0.15) is 0 Å². The molecule has 1 atom stereocenters. The first-order valence-corrected chi connectivity index (χ1v) is 5.43. The highest BCUT2D eigenvalue weighted by Crippen LogP contribution is 2.16. The van der Waals surface area contributed by atoms with Gasteiger partial charge in [-0.1, -0.05) is 0 Å². The third-order valence-electron chi connectivity index (χ3n) is 2.56. The molecule has 2 heterocycles. The zero-order chi connectivity index (χ0) is 10.7. The van der Waals surface area contributed by atoms with E-state index in [-0.39, 0.29) is 6.10 Å². The second kappa shape index (κ2) is 4.57. The predicted molar refractivity (Wildman–Crippen MR) is 58.0 cm³/mol. The number of nitrogens with one attached hydrogen (secondary N) is 1. The van der Waals surface area contributed by atoms with E-state index in [0.717, 1.165) is 30.9 Å². The Balaban J connectivity index is 2.05. The van der Waals surface area contributed by atoms with Crippen molar-refractivity contribution in [3.05, 3.63) is 17.6 Å². The molecule has 0 aliphatic carbocycles. The van der Waals surface area contributed by atoms with Gasteiger partial charge in [0.25, 0.3) is 0 Å². The van der Waals surface area contributed by atoms with Crippen LogP contribution in [0.4, 0.5) is 0 Å². The Bertz CT molecular complexity index is 335. The number of piperidine rings is 1. The van der Waals surface area contributed by atoms with Crippen molar-refractivity contribution in [3.63, 3.8) is 0 Å². The quantitative estimate of drug-likeness (QED) is 0.792. The number of hydrogen-bond donors (Lipinski definition) is 1. The third-order valence-corrected chi connectivity index (χ3v) is 2.56. The molecular weight excluding hydrogens is 190 g/mol. The molecule has 1 aromatic rings. The molecule has 1 fully saturated rings. The maximum absolute atomic E-state index is 5.83. The van der Waals surface area contributed by atoms with Crippen molar-refractivity contribution in [2.24, 2.45) is 0 Å². The van der Waals surface area contributed by atoms with Gasteiger partial charge < -0.3 is 10.1 Å². The molecule has 0 bridgehead atoms. The van der Waals surface area contributed by atoms with Crippen molar-refractivity contribution in [2.45, 2.75) is 32.8 Å². The first kappa shape index (κ1) is 10.4. The average Bonchev–Trinajstić information content (AvgIpc) is 2.25. The molecule has 2 rings (SSSR count). The topological polar surface area (TPSA) is 47.0 Å². The number of hydrogen-bond acceptors (Lipinski definition) is 4. The maximum Gasteiger partial charge on any atom is 0.235 e. The summed E-state index contributed by atoms with van der Waals surface area (Å²) in [6, 6.07) is 0. The van der Waals surface area contributed by atoms with Gasteiger partial charge >= 0.3 is 0 Å². The molecule has 1 aliphatic heterocycles. The molecule has 0 unspecified atom stereocenters. The number of rotatable bonds is 2. The summed E-state index contributed by atoms with van der Waals surface area (Å²) in [4.78, 5) is 8.59. The molecule has 4 heteroatoms. The molecule has 15 heavy (non-hydrogen) atoms. The highest BCUT2D eigenvalue weighted by molar-refractivity contribution is 5.18. The van der Waals surface area contributed by atoms with Crippen LogP contribution in [0.5, 0.6) is 5.88 Å². The maximum atomic E-state index is 5.83. The lowest BCUT2D eigenvalue weighted by Gasteiger charge is -2.23. The van der Waals surface area contributed by atoms with E-state index in [0.29, 0.717) is 5.88 Å². The van der Waals surface area contributed by atoms with Gasteiger partial charge in [0, 0.05) is 12.7 Å². The second-order valence-corrected chi connectivity index (χ2v) is 3.99. The van der Waals surface area contributed by atoms with Gasteiger partial charge in [0.2, 0.25) is 5.88 Å². The molecular formula is C11H17N3O. The van der Waals surface area contributed by atoms with Crippen molar-refractivity contribution in [1.82, 2.24) is 15.3 Å². The summed E-state index contributed by atoms with van der Waals surface area (Å²) in [5, 5.41) is 3.32. The highest BCUT2D eigenvalue weighted by atomic mass is 16.5. The second-order valence-electron chi connectivity index (χ2n) is 3.99. The fraction of sp³-hybridized carbons (Fsp3) is 0.636. The largest absolute Gasteiger partial charge is 0.472 e. The monoisotopic (exact) mass is 207 g/mol. The Labute approximate surface area is 90.1 Å². The summed E-state index contributed by atoms with van der Waals surface area (Å²) >= 11 is 0. The Hall–Kier alpha value is -1.16. The van der Waals surface area contributed by atoms with Crippen molar-refractivity contribution < 1.29 is 4.74 Å². The van der Waals surface area contributed by atoms with Crippen LogP contribution < -0.4 is 10.1 Å². The van der Waals surface area contributed by atoms with Crippen LogP contribution in [0, 0.1) is 13.8 Å². The Morgan fingerprint density at radius 1 is 1.47 bits per heavy atom. The number of nitrogens with zero attached hydrogens (tertiary/aromatic N) is 2. The molecule has 0 spiro atoms. The predicted octanol–water partition coefficient (Wildman–Crippen LogP) is 1.22. The lowest BCUT2D eigenvalue weighted by atomic mass is 10.1. The molecule has 0 aromatic carbocycles. The van der Waals surface area contributed by atoms with Crippen LogP contribution in [0.3, 0.4) is 0 Å². The van der Waals surface area contributed by atoms with Crippen LogP contribution in [-0.4, -0.2) is 29.2 Å². The Kier molecular flexibility index (Phi) is 3.16. The zero-order valence-electron chi connectivity index (χ0n) is 9.29. The van der Waals surface area contributed by atoms with Crippen molar-refractivity contribution in [2.75, 3.05) is 13.1 Å². The Morgan fingerprint density at radius 3 is 3.07 bits per heavy atom. The van der Waals surface area contributed by atoms with Crippen molar-refractivity contribution in [1.29, 1.82) is 0 Å². The highest BCUT2D eigenvalue weighted by Gasteiger charge is 2.16. The zero-order valence-corrected chi connectivity index (χ0v) is 9.29. The molecule has 1 N–H and O–H groups in total. The van der Waals surface area contributed by atoms with Gasteiger partial charge in [0.05, 0.1) is 11.4 Å². The van der Waals surface area contributed by atoms with Gasteiger partial charge in [-0.15, -0.1) is 0 Å². The molecule has 1 aliphatic rings. The molecule has 1 aromatic heterocycles. The summed E-state index contributed by atoms with van der Waals surface area (Å²) < 4.78 is 5.83. The number of aromatic nitrogens is 2. The number of aryl methyl sites for hydroxylation is 2. The fourth-order valence-corrected chi connectivity index (χ4v) is 1.71. The first-order chi connectivity index (χ1) is 7.25. The summed E-state index contributed by atoms with van der Waals surface area (Å²) in [5.41, 5.74) is 1.77. The lowest BCUT2D eigenvalue weighted by molar-refractivity contribution is 0.158. The lowest BCUT2D eigenvalue weighted by Crippen LogP contribution is -2.37. The normalized spacial score (nSPS) is 21.3. The minimum Gasteiger partial charge on any atom is -0.472 e. The third kappa shape index (κ3) is 2.65. The van der Waals surface area contributed by atoms with Gasteiger partial charge in [-0.05, 0) is 33.2 Å². The minimum atomic E-state index is 0.244. The van der Waals surface area contributed by atoms with Gasteiger partial charge in [0.15, 0.2) is 0 Å². The van der Waals surface area contributed by atoms with Gasteiger partial charge in [-0.25, -0.2) is 4.98 Å². The van der Waals surface area contributed by atoms with E-state index in [1.54, 1.807) is 6.20 Å². The minimum absolute atomic E-state index is 0.244. The van der Waals surface area contributed by atoms with Crippen molar-refractivity contribution in [3.8, 4) is 5.88 Å². The SMILES string of the molecule is Cc1cnc(C)c(O[C@H]2CCCNC2)n1. The van der Waals surface area contributed by atoms with Crippen LogP contribution >= 0.6 is 0 Å². The average molecular weight is 207 g/mol. The summed E-state index contributed by atoms with van der Waals surface area (Å²) in [6.45, 7) is 5.86. The van der Waals surface area contributed by atoms with Gasteiger partial charge in [-0.3, -0.25) is 4.98 Å². The van der Waals surface area contributed by atoms with E-state index in [2.05, 4.69) is 15.3 Å². The van der Waals surface area contributed by atoms with E-state index in [4.69, 9.17) is 4.74 Å². The summed E-state index contributed by atoms with van der Waals surface area (Å²) in [7, 11) is 0. The van der Waals surface area contributed by atoms with Crippen LogP contribution in [-0.2, 0) is 0 Å². The summed E-state index contributed by atoms with van der Waals surface area (Å²) in [6.07, 6.45) is 4.28. The van der Waals surface area contributed by atoms with E-state index in [1.807, 2.05) is 13.8 Å². The van der Waals surface area contributed by atoms with E-state index in [9.17, 15) is 0 Å². The standard InChI is InChI=1S/C11H17N3O/c1-8-6-13-9(2)11(14-8)15-10-4-3-5-12-7-10/h6,10,12H,3-5,7H2,1-2H3/t10-/m0/s1. The fourth-order valence-electron chi connectivity index (χ4n) is 1.71. The van der Waals surface area contributed by atoms with E-state index >= 15 is 0 Å². The first-order valence-electron chi connectivity index (χ1n) is 5.43. The van der Waals surface area contributed by atoms with Crippen molar-refractivity contribution >= 4 is 0 Å². The summed E-state index contributed by atoms with van der Waals surface area (Å²) in [5.74, 6) is 0.684. The van der Waals surface area contributed by atoms with E-state index < -0.39 is 0 Å². The van der Waals surface area contributed by atoms with E-state index in [1.165, 1.54) is 6.42 Å². The molecule has 82 valence electrons. The molecule has 1 saturated heterocycles. The molecule has 4 nitrogen and oxygen atoms in total. The van der Waals surface area contributed by atoms with Crippen LogP contribution in [0.25, 0.3) is 0 Å². The van der Waals surface area contributed by atoms with Crippen LogP contribution in [0.15, 0.2) is 6.20 Å². The Morgan fingerprint density at radius 2 is 2.33 bits per heavy atom. The van der Waals surface area contributed by atoms with Gasteiger partial charge in [0.1, 0.15) is 6.10 Å². The van der Waals surface area contributed by atoms with Crippen LogP contribution in [0.2, 0.25) is 0 Å². The molecule has 0 saturated carbocycles. The molecule has 0 amide bonds. The smallest absolute Gasteiger partial charge is 0.235 e. The molecule has 0 radical (unpaired) electrons.